The highest BCUT2D eigenvalue weighted by molar-refractivity contribution is 5.76. The smallest absolute Gasteiger partial charge is 0.222 e. The summed E-state index contributed by atoms with van der Waals surface area (Å²) in [4.78, 5) is 18.6. The first-order chi connectivity index (χ1) is 9.79. The van der Waals surface area contributed by atoms with Gasteiger partial charge in [0.2, 0.25) is 5.91 Å². The molecule has 0 atom stereocenters. The summed E-state index contributed by atoms with van der Waals surface area (Å²) < 4.78 is 0. The van der Waals surface area contributed by atoms with E-state index in [0.717, 1.165) is 38.3 Å². The van der Waals surface area contributed by atoms with E-state index in [1.807, 2.05) is 23.1 Å². The minimum absolute atomic E-state index is 0.261. The van der Waals surface area contributed by atoms with Crippen LogP contribution in [0, 0.1) is 5.92 Å². The van der Waals surface area contributed by atoms with Crippen LogP contribution in [0.15, 0.2) is 24.4 Å². The van der Waals surface area contributed by atoms with E-state index < -0.39 is 0 Å². The van der Waals surface area contributed by atoms with Crippen LogP contribution in [0.5, 0.6) is 0 Å². The molecule has 4 heteroatoms. The van der Waals surface area contributed by atoms with Gasteiger partial charge in [-0.25, -0.2) is 0 Å². The van der Waals surface area contributed by atoms with Crippen LogP contribution in [0.1, 0.15) is 31.9 Å². The van der Waals surface area contributed by atoms with Gasteiger partial charge in [0.05, 0.1) is 0 Å². The standard InChI is InChI=1S/C16H25N3O/c1-2-19(13-14-8-11-17-12-9-14)16(20)7-6-15-5-3-4-10-18-15/h3-5,10,14,17H,2,6-9,11-13H2,1H3. The van der Waals surface area contributed by atoms with Gasteiger partial charge in [0.15, 0.2) is 0 Å². The fourth-order valence-corrected chi connectivity index (χ4v) is 2.72. The summed E-state index contributed by atoms with van der Waals surface area (Å²) in [6.45, 7) is 5.97. The number of aromatic nitrogens is 1. The molecule has 1 aromatic rings. The van der Waals surface area contributed by atoms with E-state index in [1.165, 1.54) is 12.8 Å². The average Bonchev–Trinajstić information content (AvgIpc) is 2.52. The number of rotatable bonds is 6. The van der Waals surface area contributed by atoms with Crippen molar-refractivity contribution in [2.24, 2.45) is 5.92 Å². The highest BCUT2D eigenvalue weighted by atomic mass is 16.2. The summed E-state index contributed by atoms with van der Waals surface area (Å²) in [5, 5.41) is 3.37. The van der Waals surface area contributed by atoms with Crippen LogP contribution in [-0.2, 0) is 11.2 Å². The fraction of sp³-hybridized carbons (Fsp3) is 0.625. The van der Waals surface area contributed by atoms with Crippen LogP contribution in [0.4, 0.5) is 0 Å². The Morgan fingerprint density at radius 1 is 1.40 bits per heavy atom. The third kappa shape index (κ3) is 4.60. The van der Waals surface area contributed by atoms with Crippen molar-refractivity contribution < 1.29 is 4.79 Å². The molecule has 0 saturated carbocycles. The lowest BCUT2D eigenvalue weighted by molar-refractivity contribution is -0.131. The molecule has 2 rings (SSSR count). The number of carbonyl (C=O) groups excluding carboxylic acids is 1. The number of nitrogens with zero attached hydrogens (tertiary/aromatic N) is 2. The quantitative estimate of drug-likeness (QED) is 0.862. The maximum absolute atomic E-state index is 12.3. The normalized spacial score (nSPS) is 16.1. The van der Waals surface area contributed by atoms with E-state index in [4.69, 9.17) is 0 Å². The van der Waals surface area contributed by atoms with Crippen molar-refractivity contribution in [3.8, 4) is 0 Å². The zero-order chi connectivity index (χ0) is 14.2. The molecule has 1 fully saturated rings. The molecule has 0 radical (unpaired) electrons. The van der Waals surface area contributed by atoms with Crippen LogP contribution in [0.3, 0.4) is 0 Å². The Bertz CT molecular complexity index is 401. The summed E-state index contributed by atoms with van der Waals surface area (Å²) >= 11 is 0. The third-order valence-corrected chi connectivity index (χ3v) is 3.99. The first-order valence-electron chi connectivity index (χ1n) is 7.68. The molecule has 1 aliphatic heterocycles. The summed E-state index contributed by atoms with van der Waals surface area (Å²) in [5.41, 5.74) is 0.999. The van der Waals surface area contributed by atoms with Crippen molar-refractivity contribution >= 4 is 5.91 Å². The van der Waals surface area contributed by atoms with Gasteiger partial charge in [-0.2, -0.15) is 0 Å². The van der Waals surface area contributed by atoms with Gasteiger partial charge < -0.3 is 10.2 Å². The molecule has 0 bridgehead atoms. The molecule has 20 heavy (non-hydrogen) atoms. The molecule has 2 heterocycles. The zero-order valence-corrected chi connectivity index (χ0v) is 12.3. The number of aryl methyl sites for hydroxylation is 1. The molecule has 0 aliphatic carbocycles. The number of nitrogens with one attached hydrogen (secondary N) is 1. The highest BCUT2D eigenvalue weighted by Crippen LogP contribution is 2.14. The molecular weight excluding hydrogens is 250 g/mol. The Hall–Kier alpha value is -1.42. The molecule has 1 aromatic heterocycles. The van der Waals surface area contributed by atoms with Crippen LogP contribution >= 0.6 is 0 Å². The zero-order valence-electron chi connectivity index (χ0n) is 12.3. The van der Waals surface area contributed by atoms with Crippen LogP contribution in [-0.4, -0.2) is 42.0 Å². The Morgan fingerprint density at radius 3 is 2.85 bits per heavy atom. The van der Waals surface area contributed by atoms with Gasteiger partial charge >= 0.3 is 0 Å². The molecule has 110 valence electrons. The number of pyridine rings is 1. The first kappa shape index (κ1) is 15.0. The Balaban J connectivity index is 1.79. The van der Waals surface area contributed by atoms with E-state index in [9.17, 15) is 4.79 Å². The molecule has 1 aliphatic rings. The first-order valence-corrected chi connectivity index (χ1v) is 7.68. The van der Waals surface area contributed by atoms with Gasteiger partial charge in [-0.15, -0.1) is 0 Å². The van der Waals surface area contributed by atoms with Crippen molar-refractivity contribution in [2.75, 3.05) is 26.2 Å². The molecule has 0 spiro atoms. The lowest BCUT2D eigenvalue weighted by Crippen LogP contribution is -2.39. The van der Waals surface area contributed by atoms with Gasteiger partial charge in [0.1, 0.15) is 0 Å². The van der Waals surface area contributed by atoms with E-state index in [2.05, 4.69) is 17.2 Å². The topological polar surface area (TPSA) is 45.2 Å². The average molecular weight is 275 g/mol. The number of hydrogen-bond acceptors (Lipinski definition) is 3. The summed E-state index contributed by atoms with van der Waals surface area (Å²) in [5.74, 6) is 0.923. The van der Waals surface area contributed by atoms with E-state index in [-0.39, 0.29) is 5.91 Å². The monoisotopic (exact) mass is 275 g/mol. The Morgan fingerprint density at radius 2 is 2.20 bits per heavy atom. The molecule has 0 unspecified atom stereocenters. The third-order valence-electron chi connectivity index (χ3n) is 3.99. The second-order valence-corrected chi connectivity index (χ2v) is 5.45. The maximum Gasteiger partial charge on any atom is 0.222 e. The number of hydrogen-bond donors (Lipinski definition) is 1. The minimum Gasteiger partial charge on any atom is -0.343 e. The largest absolute Gasteiger partial charge is 0.343 e. The maximum atomic E-state index is 12.3. The number of amides is 1. The van der Waals surface area contributed by atoms with Gasteiger partial charge in [-0.05, 0) is 57.3 Å². The van der Waals surface area contributed by atoms with Gasteiger partial charge in [0, 0.05) is 31.4 Å². The summed E-state index contributed by atoms with van der Waals surface area (Å²) in [6, 6.07) is 5.86. The molecule has 1 saturated heterocycles. The van der Waals surface area contributed by atoms with Crippen molar-refractivity contribution in [2.45, 2.75) is 32.6 Å². The SMILES string of the molecule is CCN(CC1CCNCC1)C(=O)CCc1ccccn1. The fourth-order valence-electron chi connectivity index (χ4n) is 2.72. The summed E-state index contributed by atoms with van der Waals surface area (Å²) in [6.07, 6.45) is 5.46. The lowest BCUT2D eigenvalue weighted by atomic mass is 9.97. The van der Waals surface area contributed by atoms with Crippen LogP contribution in [0.2, 0.25) is 0 Å². The molecule has 0 aromatic carbocycles. The number of carbonyl (C=O) groups is 1. The summed E-state index contributed by atoms with van der Waals surface area (Å²) in [7, 11) is 0. The molecule has 1 amide bonds. The van der Waals surface area contributed by atoms with Gasteiger partial charge in [-0.1, -0.05) is 6.07 Å². The second kappa shape index (κ2) is 8.00. The molecule has 4 nitrogen and oxygen atoms in total. The van der Waals surface area contributed by atoms with Crippen LogP contribution < -0.4 is 5.32 Å². The second-order valence-electron chi connectivity index (χ2n) is 5.45. The van der Waals surface area contributed by atoms with E-state index in [1.54, 1.807) is 6.20 Å². The predicted molar refractivity (Wildman–Crippen MR) is 80.4 cm³/mol. The minimum atomic E-state index is 0.261. The van der Waals surface area contributed by atoms with Crippen LogP contribution in [0.25, 0.3) is 0 Å². The highest BCUT2D eigenvalue weighted by Gasteiger charge is 2.19. The van der Waals surface area contributed by atoms with E-state index >= 15 is 0 Å². The van der Waals surface area contributed by atoms with Gasteiger partial charge in [-0.3, -0.25) is 9.78 Å². The number of piperidine rings is 1. The molecular formula is C16H25N3O. The van der Waals surface area contributed by atoms with Crippen molar-refractivity contribution in [3.63, 3.8) is 0 Å². The molecule has 1 N–H and O–H groups in total. The Kier molecular flexibility index (Phi) is 5.99. The predicted octanol–water partition coefficient (Wildman–Crippen LogP) is 1.86. The van der Waals surface area contributed by atoms with E-state index in [0.29, 0.717) is 12.3 Å². The van der Waals surface area contributed by atoms with Crippen molar-refractivity contribution in [1.82, 2.24) is 15.2 Å². The van der Waals surface area contributed by atoms with Crippen molar-refractivity contribution in [3.05, 3.63) is 30.1 Å². The van der Waals surface area contributed by atoms with Crippen molar-refractivity contribution in [1.29, 1.82) is 0 Å². The lowest BCUT2D eigenvalue weighted by Gasteiger charge is -2.29. The van der Waals surface area contributed by atoms with Gasteiger partial charge in [0.25, 0.3) is 0 Å². The Labute approximate surface area is 121 Å².